The van der Waals surface area contributed by atoms with Crippen LogP contribution in [0.25, 0.3) is 0 Å². The van der Waals surface area contributed by atoms with Crippen LogP contribution in [0.1, 0.15) is 43.5 Å². The van der Waals surface area contributed by atoms with Gasteiger partial charge in [0.2, 0.25) is 0 Å². The van der Waals surface area contributed by atoms with Crippen molar-refractivity contribution >= 4 is 6.03 Å². The summed E-state index contributed by atoms with van der Waals surface area (Å²) in [7, 11) is 0. The molecule has 2 rings (SSSR count). The summed E-state index contributed by atoms with van der Waals surface area (Å²) in [6.45, 7) is 2.63. The molecule has 1 fully saturated rings. The van der Waals surface area contributed by atoms with Crippen molar-refractivity contribution in [1.82, 2.24) is 15.6 Å². The summed E-state index contributed by atoms with van der Waals surface area (Å²) in [6, 6.07) is 5.46. The minimum Gasteiger partial charge on any atom is -0.388 e. The number of hydrogen-bond acceptors (Lipinski definition) is 3. The molecule has 5 heteroatoms. The first-order valence-corrected chi connectivity index (χ1v) is 7.24. The molecule has 0 unspecified atom stereocenters. The fourth-order valence-electron chi connectivity index (χ4n) is 2.56. The predicted octanol–water partition coefficient (Wildman–Crippen LogP) is 1.88. The molecule has 1 aromatic rings. The van der Waals surface area contributed by atoms with Gasteiger partial charge in [-0.1, -0.05) is 25.3 Å². The minimum absolute atomic E-state index is 0.257. The minimum atomic E-state index is -0.725. The number of carbonyl (C=O) groups excluding carboxylic acids is 1. The molecule has 0 radical (unpaired) electrons. The van der Waals surface area contributed by atoms with Crippen LogP contribution in [0.2, 0.25) is 0 Å². The number of amides is 2. The second-order valence-corrected chi connectivity index (χ2v) is 5.59. The largest absolute Gasteiger partial charge is 0.388 e. The number of rotatable bonds is 4. The number of pyridine rings is 1. The van der Waals surface area contributed by atoms with E-state index in [1.165, 1.54) is 6.42 Å². The van der Waals surface area contributed by atoms with Crippen molar-refractivity contribution in [3.05, 3.63) is 29.6 Å². The van der Waals surface area contributed by atoms with Crippen LogP contribution in [0.3, 0.4) is 0 Å². The van der Waals surface area contributed by atoms with Crippen LogP contribution in [-0.2, 0) is 6.54 Å². The van der Waals surface area contributed by atoms with Crippen LogP contribution in [0.4, 0.5) is 4.79 Å². The van der Waals surface area contributed by atoms with Crippen LogP contribution >= 0.6 is 0 Å². The summed E-state index contributed by atoms with van der Waals surface area (Å²) in [5.41, 5.74) is 1.04. The molecule has 0 aromatic carbocycles. The number of carbonyl (C=O) groups is 1. The summed E-state index contributed by atoms with van der Waals surface area (Å²) in [4.78, 5) is 16.0. The van der Waals surface area contributed by atoms with E-state index >= 15 is 0 Å². The molecule has 20 heavy (non-hydrogen) atoms. The lowest BCUT2D eigenvalue weighted by molar-refractivity contribution is 0.00719. The van der Waals surface area contributed by atoms with Gasteiger partial charge in [-0.2, -0.15) is 0 Å². The molecule has 1 aliphatic carbocycles. The Bertz CT molecular complexity index is 456. The zero-order valence-electron chi connectivity index (χ0n) is 12.0. The normalized spacial score (nSPS) is 17.5. The summed E-state index contributed by atoms with van der Waals surface area (Å²) >= 11 is 0. The maximum atomic E-state index is 11.7. The molecule has 1 aromatic heterocycles. The average Bonchev–Trinajstić information content (AvgIpc) is 2.44. The summed E-state index contributed by atoms with van der Waals surface area (Å²) in [5.74, 6) is 0. The Morgan fingerprint density at radius 2 is 2.05 bits per heavy atom. The molecule has 0 bridgehead atoms. The summed E-state index contributed by atoms with van der Waals surface area (Å²) in [6.07, 6.45) is 4.78. The van der Waals surface area contributed by atoms with Crippen molar-refractivity contribution in [1.29, 1.82) is 0 Å². The molecule has 3 N–H and O–H groups in total. The third kappa shape index (κ3) is 4.49. The summed E-state index contributed by atoms with van der Waals surface area (Å²) in [5, 5.41) is 15.8. The van der Waals surface area contributed by atoms with E-state index in [1.807, 2.05) is 25.1 Å². The number of nitrogens with one attached hydrogen (secondary N) is 2. The molecule has 2 amide bonds. The Morgan fingerprint density at radius 3 is 2.75 bits per heavy atom. The molecule has 5 nitrogen and oxygen atoms in total. The molecule has 1 aliphatic rings. The van der Waals surface area contributed by atoms with Crippen molar-refractivity contribution in [2.24, 2.45) is 0 Å². The van der Waals surface area contributed by atoms with Crippen LogP contribution in [0.5, 0.6) is 0 Å². The second kappa shape index (κ2) is 6.70. The second-order valence-electron chi connectivity index (χ2n) is 5.59. The number of urea groups is 1. The number of nitrogens with zero attached hydrogens (tertiary/aromatic N) is 1. The van der Waals surface area contributed by atoms with E-state index < -0.39 is 5.60 Å². The van der Waals surface area contributed by atoms with Gasteiger partial charge < -0.3 is 15.7 Å². The SMILES string of the molecule is Cc1cccc(CNC(=O)NCC2(O)CCCCC2)n1. The Morgan fingerprint density at radius 1 is 1.30 bits per heavy atom. The Hall–Kier alpha value is -1.62. The topological polar surface area (TPSA) is 74.2 Å². The molecule has 0 atom stereocenters. The molecule has 0 aliphatic heterocycles. The Labute approximate surface area is 119 Å². The van der Waals surface area contributed by atoms with Gasteiger partial charge in [0.05, 0.1) is 17.8 Å². The van der Waals surface area contributed by atoms with Crippen LogP contribution in [0, 0.1) is 6.92 Å². The lowest BCUT2D eigenvalue weighted by atomic mass is 9.85. The van der Waals surface area contributed by atoms with Crippen molar-refractivity contribution in [2.75, 3.05) is 6.54 Å². The van der Waals surface area contributed by atoms with Crippen LogP contribution in [-0.4, -0.2) is 28.3 Å². The third-order valence-electron chi connectivity index (χ3n) is 3.74. The van der Waals surface area contributed by atoms with Gasteiger partial charge >= 0.3 is 6.03 Å². The highest BCUT2D eigenvalue weighted by atomic mass is 16.3. The lowest BCUT2D eigenvalue weighted by Gasteiger charge is -2.32. The highest BCUT2D eigenvalue weighted by Crippen LogP contribution is 2.27. The van der Waals surface area contributed by atoms with Crippen molar-refractivity contribution < 1.29 is 9.90 Å². The number of aliphatic hydroxyl groups is 1. The molecule has 110 valence electrons. The monoisotopic (exact) mass is 277 g/mol. The smallest absolute Gasteiger partial charge is 0.315 e. The maximum Gasteiger partial charge on any atom is 0.315 e. The number of hydrogen-bond donors (Lipinski definition) is 3. The van der Waals surface area contributed by atoms with Gasteiger partial charge in [0, 0.05) is 12.2 Å². The third-order valence-corrected chi connectivity index (χ3v) is 3.74. The van der Waals surface area contributed by atoms with E-state index in [-0.39, 0.29) is 6.03 Å². The highest BCUT2D eigenvalue weighted by molar-refractivity contribution is 5.73. The number of aryl methyl sites for hydroxylation is 1. The van der Waals surface area contributed by atoms with E-state index in [0.29, 0.717) is 13.1 Å². The molecule has 1 saturated carbocycles. The van der Waals surface area contributed by atoms with Crippen molar-refractivity contribution in [3.8, 4) is 0 Å². The zero-order valence-corrected chi connectivity index (χ0v) is 12.0. The standard InChI is InChI=1S/C15H23N3O2/c1-12-6-5-7-13(18-12)10-16-14(19)17-11-15(20)8-3-2-4-9-15/h5-7,20H,2-4,8-11H2,1H3,(H2,16,17,19). The highest BCUT2D eigenvalue weighted by Gasteiger charge is 2.29. The molecule has 1 heterocycles. The zero-order chi connectivity index (χ0) is 14.4. The average molecular weight is 277 g/mol. The van der Waals surface area contributed by atoms with E-state index in [1.54, 1.807) is 0 Å². The molecular weight excluding hydrogens is 254 g/mol. The Balaban J connectivity index is 1.72. The van der Waals surface area contributed by atoms with E-state index in [9.17, 15) is 9.90 Å². The van der Waals surface area contributed by atoms with Crippen LogP contribution < -0.4 is 10.6 Å². The Kier molecular flexibility index (Phi) is 4.95. The molecular formula is C15H23N3O2. The van der Waals surface area contributed by atoms with Gasteiger partial charge in [-0.3, -0.25) is 4.98 Å². The van der Waals surface area contributed by atoms with Gasteiger partial charge in [-0.15, -0.1) is 0 Å². The van der Waals surface area contributed by atoms with Gasteiger partial charge in [-0.05, 0) is 31.9 Å². The van der Waals surface area contributed by atoms with Gasteiger partial charge in [-0.25, -0.2) is 4.79 Å². The van der Waals surface area contributed by atoms with Crippen molar-refractivity contribution in [2.45, 2.75) is 51.2 Å². The first kappa shape index (κ1) is 14.8. The van der Waals surface area contributed by atoms with Gasteiger partial charge in [0.15, 0.2) is 0 Å². The van der Waals surface area contributed by atoms with Crippen molar-refractivity contribution in [3.63, 3.8) is 0 Å². The van der Waals surface area contributed by atoms with E-state index in [4.69, 9.17) is 0 Å². The fourth-order valence-corrected chi connectivity index (χ4v) is 2.56. The molecule has 0 saturated heterocycles. The fraction of sp³-hybridized carbons (Fsp3) is 0.600. The first-order valence-electron chi connectivity index (χ1n) is 7.24. The van der Waals surface area contributed by atoms with Crippen LogP contribution in [0.15, 0.2) is 18.2 Å². The number of aromatic nitrogens is 1. The van der Waals surface area contributed by atoms with Gasteiger partial charge in [0.25, 0.3) is 0 Å². The van der Waals surface area contributed by atoms with Gasteiger partial charge in [0.1, 0.15) is 0 Å². The first-order chi connectivity index (χ1) is 9.57. The predicted molar refractivity (Wildman–Crippen MR) is 77.2 cm³/mol. The van der Waals surface area contributed by atoms with E-state index in [0.717, 1.165) is 37.1 Å². The lowest BCUT2D eigenvalue weighted by Crippen LogP contribution is -2.47. The maximum absolute atomic E-state index is 11.7. The summed E-state index contributed by atoms with van der Waals surface area (Å²) < 4.78 is 0. The van der Waals surface area contributed by atoms with E-state index in [2.05, 4.69) is 15.6 Å². The quantitative estimate of drug-likeness (QED) is 0.786. The molecule has 0 spiro atoms.